The molecule has 0 atom stereocenters. The van der Waals surface area contributed by atoms with Crippen LogP contribution in [0.4, 0.5) is 0 Å². The van der Waals surface area contributed by atoms with Gasteiger partial charge in [-0.15, -0.1) is 24.8 Å². The van der Waals surface area contributed by atoms with Crippen LogP contribution < -0.4 is 15.4 Å². The molecule has 0 unspecified atom stereocenters. The van der Waals surface area contributed by atoms with Crippen molar-refractivity contribution in [2.75, 3.05) is 19.6 Å². The second kappa shape index (κ2) is 12.9. The van der Waals surface area contributed by atoms with Crippen molar-refractivity contribution >= 4 is 46.7 Å². The zero-order valence-corrected chi connectivity index (χ0v) is 17.0. The third-order valence-electron chi connectivity index (χ3n) is 3.06. The van der Waals surface area contributed by atoms with E-state index < -0.39 is 0 Å². The van der Waals surface area contributed by atoms with Crippen LogP contribution in [0.1, 0.15) is 23.7 Å². The summed E-state index contributed by atoms with van der Waals surface area (Å²) in [5.41, 5.74) is 0.422. The molecule has 0 fully saturated rings. The van der Waals surface area contributed by atoms with Crippen LogP contribution in [0.25, 0.3) is 0 Å². The quantitative estimate of drug-likeness (QED) is 0.591. The van der Waals surface area contributed by atoms with Crippen LogP contribution in [-0.4, -0.2) is 30.5 Å². The molecule has 8 heteroatoms. The molecule has 0 radical (unpaired) electrons. The second-order valence-electron chi connectivity index (χ2n) is 4.92. The van der Waals surface area contributed by atoms with Crippen LogP contribution in [0.5, 0.6) is 11.6 Å². The van der Waals surface area contributed by atoms with E-state index in [4.69, 9.17) is 4.74 Å². The van der Waals surface area contributed by atoms with E-state index in [0.29, 0.717) is 23.7 Å². The Balaban J connectivity index is 0.00000288. The molecule has 0 saturated heterocycles. The van der Waals surface area contributed by atoms with E-state index in [1.807, 2.05) is 24.3 Å². The van der Waals surface area contributed by atoms with Crippen molar-refractivity contribution in [3.05, 3.63) is 52.6 Å². The molecule has 0 saturated carbocycles. The number of benzene rings is 1. The molecule has 25 heavy (non-hydrogen) atoms. The first-order valence-electron chi connectivity index (χ1n) is 7.58. The van der Waals surface area contributed by atoms with Gasteiger partial charge in [0, 0.05) is 23.8 Å². The van der Waals surface area contributed by atoms with Gasteiger partial charge in [0.2, 0.25) is 5.88 Å². The Morgan fingerprint density at radius 3 is 2.52 bits per heavy atom. The smallest absolute Gasteiger partial charge is 0.256 e. The molecule has 5 nitrogen and oxygen atoms in total. The Labute approximate surface area is 168 Å². The summed E-state index contributed by atoms with van der Waals surface area (Å²) >= 11 is 3.37. The van der Waals surface area contributed by atoms with Gasteiger partial charge < -0.3 is 15.4 Å². The number of nitrogens with zero attached hydrogens (tertiary/aromatic N) is 1. The van der Waals surface area contributed by atoms with Gasteiger partial charge in [-0.2, -0.15) is 0 Å². The topological polar surface area (TPSA) is 63.2 Å². The molecule has 0 aliphatic carbocycles. The van der Waals surface area contributed by atoms with E-state index in [2.05, 4.69) is 38.5 Å². The van der Waals surface area contributed by atoms with E-state index in [1.54, 1.807) is 18.3 Å². The average Bonchev–Trinajstić information content (AvgIpc) is 2.57. The van der Waals surface area contributed by atoms with Crippen molar-refractivity contribution in [3.8, 4) is 11.6 Å². The Morgan fingerprint density at radius 1 is 1.12 bits per heavy atom. The summed E-state index contributed by atoms with van der Waals surface area (Å²) in [5.74, 6) is 0.739. The van der Waals surface area contributed by atoms with Gasteiger partial charge in [-0.3, -0.25) is 4.79 Å². The molecule has 2 N–H and O–H groups in total. The van der Waals surface area contributed by atoms with Crippen LogP contribution in [0.2, 0.25) is 0 Å². The van der Waals surface area contributed by atoms with E-state index >= 15 is 0 Å². The van der Waals surface area contributed by atoms with Gasteiger partial charge in [-0.05, 0) is 49.4 Å². The maximum atomic E-state index is 12.3. The van der Waals surface area contributed by atoms with Gasteiger partial charge in [-0.1, -0.05) is 22.9 Å². The van der Waals surface area contributed by atoms with Gasteiger partial charge in [-0.25, -0.2) is 4.98 Å². The monoisotopic (exact) mass is 449 g/mol. The third-order valence-corrected chi connectivity index (χ3v) is 3.59. The lowest BCUT2D eigenvalue weighted by Gasteiger charge is -2.10. The predicted molar refractivity (Wildman–Crippen MR) is 108 cm³/mol. The van der Waals surface area contributed by atoms with Crippen molar-refractivity contribution in [1.29, 1.82) is 0 Å². The minimum atomic E-state index is -0.191. The Kier molecular flexibility index (Phi) is 12.2. The van der Waals surface area contributed by atoms with E-state index in [1.165, 1.54) is 0 Å². The van der Waals surface area contributed by atoms with Crippen LogP contribution in [0.15, 0.2) is 47.1 Å². The largest absolute Gasteiger partial charge is 0.438 e. The molecule has 2 rings (SSSR count). The molecule has 2 aromatic rings. The van der Waals surface area contributed by atoms with Crippen LogP contribution in [0.3, 0.4) is 0 Å². The molecule has 1 aromatic heterocycles. The minimum Gasteiger partial charge on any atom is -0.438 e. The van der Waals surface area contributed by atoms with E-state index in [-0.39, 0.29) is 30.7 Å². The highest BCUT2D eigenvalue weighted by molar-refractivity contribution is 9.10. The van der Waals surface area contributed by atoms with Crippen molar-refractivity contribution in [2.45, 2.75) is 13.3 Å². The SMILES string of the molecule is CCCNCCNC(=O)c1cccnc1Oc1ccc(Br)cc1.Cl.Cl. The number of halogens is 3. The summed E-state index contributed by atoms with van der Waals surface area (Å²) in [6.45, 7) is 4.35. The van der Waals surface area contributed by atoms with Crippen molar-refractivity contribution in [1.82, 2.24) is 15.6 Å². The zero-order chi connectivity index (χ0) is 16.5. The number of hydrogen-bond acceptors (Lipinski definition) is 4. The lowest BCUT2D eigenvalue weighted by Crippen LogP contribution is -2.32. The van der Waals surface area contributed by atoms with Crippen molar-refractivity contribution < 1.29 is 9.53 Å². The highest BCUT2D eigenvalue weighted by Crippen LogP contribution is 2.24. The number of pyridine rings is 1. The predicted octanol–water partition coefficient (Wildman–Crippen LogP) is 4.21. The third kappa shape index (κ3) is 8.05. The number of amides is 1. The normalized spacial score (nSPS) is 9.52. The first-order valence-corrected chi connectivity index (χ1v) is 8.37. The van der Waals surface area contributed by atoms with Gasteiger partial charge in [0.15, 0.2) is 0 Å². The number of aromatic nitrogens is 1. The number of carbonyl (C=O) groups excluding carboxylic acids is 1. The minimum absolute atomic E-state index is 0. The molecule has 1 amide bonds. The van der Waals surface area contributed by atoms with Gasteiger partial charge in [0.25, 0.3) is 5.91 Å². The lowest BCUT2D eigenvalue weighted by molar-refractivity contribution is 0.0951. The Hall–Kier alpha value is -1.34. The van der Waals surface area contributed by atoms with Crippen LogP contribution in [-0.2, 0) is 0 Å². The molecular formula is C17H22BrCl2N3O2. The zero-order valence-electron chi connectivity index (χ0n) is 13.8. The number of hydrogen-bond donors (Lipinski definition) is 2. The summed E-state index contributed by atoms with van der Waals surface area (Å²) in [4.78, 5) is 16.4. The number of ether oxygens (including phenoxy) is 1. The maximum Gasteiger partial charge on any atom is 0.256 e. The van der Waals surface area contributed by atoms with Gasteiger partial charge in [0.1, 0.15) is 11.3 Å². The average molecular weight is 451 g/mol. The van der Waals surface area contributed by atoms with Crippen molar-refractivity contribution in [3.63, 3.8) is 0 Å². The van der Waals surface area contributed by atoms with E-state index in [0.717, 1.165) is 24.0 Å². The fourth-order valence-electron chi connectivity index (χ4n) is 1.92. The molecule has 0 aliphatic rings. The summed E-state index contributed by atoms with van der Waals surface area (Å²) in [6.07, 6.45) is 2.68. The van der Waals surface area contributed by atoms with Crippen LogP contribution in [0, 0.1) is 0 Å². The highest BCUT2D eigenvalue weighted by atomic mass is 79.9. The summed E-state index contributed by atoms with van der Waals surface area (Å²) < 4.78 is 6.68. The summed E-state index contributed by atoms with van der Waals surface area (Å²) in [6, 6.07) is 10.8. The van der Waals surface area contributed by atoms with E-state index in [9.17, 15) is 4.79 Å². The van der Waals surface area contributed by atoms with Gasteiger partial charge in [0.05, 0.1) is 0 Å². The fourth-order valence-corrected chi connectivity index (χ4v) is 2.18. The molecule has 1 aromatic carbocycles. The van der Waals surface area contributed by atoms with Crippen LogP contribution >= 0.6 is 40.7 Å². The standard InChI is InChI=1S/C17H20BrN3O2.2ClH/c1-2-9-19-11-12-20-16(22)15-4-3-10-21-17(15)23-14-7-5-13(18)6-8-14;;/h3-8,10,19H,2,9,11-12H2,1H3,(H,20,22);2*1H. The first kappa shape index (κ1) is 23.7. The molecule has 0 aliphatic heterocycles. The Bertz CT molecular complexity index is 642. The molecule has 1 heterocycles. The Morgan fingerprint density at radius 2 is 1.84 bits per heavy atom. The number of rotatable bonds is 8. The number of nitrogens with one attached hydrogen (secondary N) is 2. The second-order valence-corrected chi connectivity index (χ2v) is 5.83. The molecule has 138 valence electrons. The highest BCUT2D eigenvalue weighted by Gasteiger charge is 2.13. The summed E-state index contributed by atoms with van der Waals surface area (Å²) in [5, 5.41) is 6.10. The van der Waals surface area contributed by atoms with Gasteiger partial charge >= 0.3 is 0 Å². The van der Waals surface area contributed by atoms with Crippen molar-refractivity contribution in [2.24, 2.45) is 0 Å². The lowest BCUT2D eigenvalue weighted by atomic mass is 10.2. The first-order chi connectivity index (χ1) is 11.2. The fraction of sp³-hybridized carbons (Fsp3) is 0.294. The summed E-state index contributed by atoms with van der Waals surface area (Å²) in [7, 11) is 0. The molecular weight excluding hydrogens is 429 g/mol. The molecule has 0 spiro atoms. The maximum absolute atomic E-state index is 12.3. The molecule has 0 bridgehead atoms. The number of carbonyl (C=O) groups is 1.